The molecule has 0 spiro atoms. The fourth-order valence-corrected chi connectivity index (χ4v) is 10.4. The van der Waals surface area contributed by atoms with E-state index in [2.05, 4.69) is 37.3 Å². The number of hydrogen-bond donors (Lipinski definition) is 0. The zero-order chi connectivity index (χ0) is 24.3. The molecular formula is C15H18F6O6S4. The van der Waals surface area contributed by atoms with Gasteiger partial charge in [-0.05, 0) is 6.92 Å². The lowest BCUT2D eigenvalue weighted by Gasteiger charge is -2.34. The van der Waals surface area contributed by atoms with Crippen molar-refractivity contribution in [1.29, 1.82) is 0 Å². The van der Waals surface area contributed by atoms with Gasteiger partial charge in [0.1, 0.15) is 0 Å². The Balaban J connectivity index is 0.000000259. The van der Waals surface area contributed by atoms with Crippen molar-refractivity contribution in [2.75, 3.05) is 23.0 Å². The summed E-state index contributed by atoms with van der Waals surface area (Å²) in [4.78, 5) is 0. The summed E-state index contributed by atoms with van der Waals surface area (Å²) < 4.78 is 118. The summed E-state index contributed by atoms with van der Waals surface area (Å²) >= 11 is 0. The van der Waals surface area contributed by atoms with E-state index in [0.29, 0.717) is 10.9 Å². The van der Waals surface area contributed by atoms with Crippen molar-refractivity contribution in [2.45, 2.75) is 28.4 Å². The first-order valence-corrected chi connectivity index (χ1v) is 14.3. The maximum atomic E-state index is 10.7. The highest BCUT2D eigenvalue weighted by atomic mass is 32.2. The summed E-state index contributed by atoms with van der Waals surface area (Å²) in [7, 11) is -10.7. The van der Waals surface area contributed by atoms with Gasteiger partial charge in [-0.15, -0.1) is 0 Å². The summed E-state index contributed by atoms with van der Waals surface area (Å²) in [6.07, 6.45) is 0. The molecule has 2 atom stereocenters. The second kappa shape index (κ2) is 10.5. The average Bonchev–Trinajstić information content (AvgIpc) is 2.61. The number of halogens is 6. The molecule has 4 rings (SSSR count). The summed E-state index contributed by atoms with van der Waals surface area (Å²) in [5.74, 6) is 6.11. The molecule has 0 radical (unpaired) electrons. The van der Waals surface area contributed by atoms with Crippen LogP contribution in [0.1, 0.15) is 17.7 Å². The molecule has 0 unspecified atom stereocenters. The molecule has 3 aliphatic rings. The largest absolute Gasteiger partial charge is 0.741 e. The summed E-state index contributed by atoms with van der Waals surface area (Å²) in [6, 6.07) is 11.2. The Morgan fingerprint density at radius 2 is 1.10 bits per heavy atom. The van der Waals surface area contributed by atoms with E-state index in [1.807, 2.05) is 0 Å². The van der Waals surface area contributed by atoms with Crippen molar-refractivity contribution in [3.63, 3.8) is 0 Å². The van der Waals surface area contributed by atoms with Gasteiger partial charge >= 0.3 is 11.0 Å². The van der Waals surface area contributed by atoms with E-state index in [1.54, 1.807) is 5.56 Å². The van der Waals surface area contributed by atoms with Crippen molar-refractivity contribution in [3.05, 3.63) is 35.9 Å². The van der Waals surface area contributed by atoms with Gasteiger partial charge in [-0.1, -0.05) is 30.3 Å². The van der Waals surface area contributed by atoms with Gasteiger partial charge in [-0.3, -0.25) is 0 Å². The van der Waals surface area contributed by atoms with Crippen LogP contribution in [0.25, 0.3) is 0 Å². The smallest absolute Gasteiger partial charge is 0.485 e. The molecule has 6 nitrogen and oxygen atoms in total. The summed E-state index contributed by atoms with van der Waals surface area (Å²) in [6.45, 7) is 2.50. The second-order valence-electron chi connectivity index (χ2n) is 6.23. The van der Waals surface area contributed by atoms with Crippen LogP contribution in [0.4, 0.5) is 26.3 Å². The van der Waals surface area contributed by atoms with Crippen molar-refractivity contribution in [3.8, 4) is 0 Å². The zero-order valence-corrected chi connectivity index (χ0v) is 19.0. The van der Waals surface area contributed by atoms with Crippen LogP contribution in [0.5, 0.6) is 0 Å². The Bertz CT molecular complexity index is 866. The van der Waals surface area contributed by atoms with Gasteiger partial charge in [0, 0.05) is 27.4 Å². The Hall–Kier alpha value is -0.680. The SMILES string of the molecule is C[C@@H]1[C@@H](c2ccccc2)[S+]2CC[S+]1CC2.O=S(=O)([O-])C(F)(F)F.O=S(=O)([O-])C(F)(F)F. The quantitative estimate of drug-likeness (QED) is 0.236. The monoisotopic (exact) mass is 536 g/mol. The first kappa shape index (κ1) is 28.4. The van der Waals surface area contributed by atoms with Crippen LogP contribution in [-0.4, -0.2) is 65.2 Å². The first-order valence-electron chi connectivity index (χ1n) is 8.28. The van der Waals surface area contributed by atoms with Crippen LogP contribution in [-0.2, 0) is 42.0 Å². The predicted molar refractivity (Wildman–Crippen MR) is 104 cm³/mol. The van der Waals surface area contributed by atoms with E-state index < -0.39 is 31.3 Å². The predicted octanol–water partition coefficient (Wildman–Crippen LogP) is 2.48. The highest BCUT2D eigenvalue weighted by Crippen LogP contribution is 2.41. The molecule has 0 N–H and O–H groups in total. The van der Waals surface area contributed by atoms with Crippen molar-refractivity contribution >= 4 is 42.0 Å². The lowest BCUT2D eigenvalue weighted by Crippen LogP contribution is -2.51. The van der Waals surface area contributed by atoms with Gasteiger partial charge in [0.15, 0.2) is 53.7 Å². The Kier molecular flexibility index (Phi) is 9.61. The van der Waals surface area contributed by atoms with Crippen LogP contribution in [0.15, 0.2) is 30.3 Å². The lowest BCUT2D eigenvalue weighted by molar-refractivity contribution is -0.0522. The number of fused-ring (bicyclic) bond motifs is 3. The Morgan fingerprint density at radius 1 is 0.774 bits per heavy atom. The minimum Gasteiger partial charge on any atom is -0.741 e. The molecule has 3 heterocycles. The second-order valence-corrected chi connectivity index (χ2v) is 14.0. The standard InChI is InChI=1S/C13H18S2.2CHF3O3S/c1-11-13(12-5-3-2-4-6-12)15-9-7-14(11)8-10-15;2*2-1(3,4)8(5,6)7/h2-6,11,13H,7-10H2,1H3;2*(H,5,6,7)/q+2;;/p-2/t11-,13+,14?,15?;;/m1../s1. The minimum atomic E-state index is -6.09. The molecule has 3 saturated heterocycles. The Morgan fingerprint density at radius 3 is 1.39 bits per heavy atom. The summed E-state index contributed by atoms with van der Waals surface area (Å²) in [5, 5.41) is 1.86. The number of hydrogen-bond acceptors (Lipinski definition) is 6. The average molecular weight is 537 g/mol. The molecule has 3 fully saturated rings. The van der Waals surface area contributed by atoms with Gasteiger partial charge in [-0.2, -0.15) is 26.3 Å². The highest BCUT2D eigenvalue weighted by molar-refractivity contribution is 8.07. The van der Waals surface area contributed by atoms with Crippen LogP contribution in [0.2, 0.25) is 0 Å². The van der Waals surface area contributed by atoms with Gasteiger partial charge in [0.05, 0.1) is 0 Å². The minimum absolute atomic E-state index is 0.702. The third kappa shape index (κ3) is 8.31. The van der Waals surface area contributed by atoms with E-state index in [-0.39, 0.29) is 0 Å². The molecule has 1 aromatic rings. The van der Waals surface area contributed by atoms with Crippen molar-refractivity contribution in [2.24, 2.45) is 0 Å². The van der Waals surface area contributed by atoms with Crippen LogP contribution < -0.4 is 0 Å². The molecule has 2 bridgehead atoms. The molecule has 0 saturated carbocycles. The first-order chi connectivity index (χ1) is 13.9. The third-order valence-electron chi connectivity index (χ3n) is 4.22. The van der Waals surface area contributed by atoms with Crippen LogP contribution >= 0.6 is 0 Å². The van der Waals surface area contributed by atoms with Gasteiger partial charge in [0.2, 0.25) is 0 Å². The molecule has 180 valence electrons. The molecule has 31 heavy (non-hydrogen) atoms. The topological polar surface area (TPSA) is 114 Å². The number of alkyl halides is 6. The molecular weight excluding hydrogens is 518 g/mol. The highest BCUT2D eigenvalue weighted by Gasteiger charge is 2.55. The third-order valence-corrected chi connectivity index (χ3v) is 11.7. The molecule has 0 aliphatic carbocycles. The van der Waals surface area contributed by atoms with E-state index >= 15 is 0 Å². The molecule has 0 aromatic heterocycles. The lowest BCUT2D eigenvalue weighted by atomic mass is 10.1. The molecule has 3 aliphatic heterocycles. The van der Waals surface area contributed by atoms with Gasteiger partial charge in [0.25, 0.3) is 0 Å². The maximum Gasteiger partial charge on any atom is 0.485 e. The number of rotatable bonds is 1. The molecule has 1 aromatic carbocycles. The molecule has 0 amide bonds. The van der Waals surface area contributed by atoms with Gasteiger partial charge < -0.3 is 9.11 Å². The van der Waals surface area contributed by atoms with Crippen LogP contribution in [0, 0.1) is 0 Å². The normalized spacial score (nSPS) is 26.2. The van der Waals surface area contributed by atoms with E-state index in [9.17, 15) is 26.3 Å². The fourth-order valence-electron chi connectivity index (χ4n) is 2.81. The zero-order valence-electron chi connectivity index (χ0n) is 15.7. The molecule has 16 heteroatoms. The fraction of sp³-hybridized carbons (Fsp3) is 0.600. The summed E-state index contributed by atoms with van der Waals surface area (Å²) in [5.41, 5.74) is -9.68. The van der Waals surface area contributed by atoms with Crippen molar-refractivity contribution < 1.29 is 52.3 Å². The maximum absolute atomic E-state index is 10.7. The number of benzene rings is 1. The van der Waals surface area contributed by atoms with Crippen LogP contribution in [0.3, 0.4) is 0 Å². The van der Waals surface area contributed by atoms with E-state index in [4.69, 9.17) is 25.9 Å². The van der Waals surface area contributed by atoms with Crippen molar-refractivity contribution in [1.82, 2.24) is 0 Å². The van der Waals surface area contributed by atoms with Gasteiger partial charge in [-0.25, -0.2) is 16.8 Å². The van der Waals surface area contributed by atoms with E-state index in [1.165, 1.54) is 23.0 Å². The Labute approximate surface area is 181 Å². The van der Waals surface area contributed by atoms with E-state index in [0.717, 1.165) is 21.4 Å².